The Kier molecular flexibility index (Phi) is 5.30. The maximum atomic E-state index is 8.98. The van der Waals surface area contributed by atoms with Crippen LogP contribution < -0.4 is 5.32 Å². The van der Waals surface area contributed by atoms with Gasteiger partial charge in [-0.1, -0.05) is 15.9 Å². The number of halogens is 1. The van der Waals surface area contributed by atoms with Gasteiger partial charge in [0.2, 0.25) is 0 Å². The minimum absolute atomic E-state index is 0.206. The lowest BCUT2D eigenvalue weighted by Crippen LogP contribution is -2.16. The number of benzene rings is 1. The molecule has 0 aliphatic rings. The number of hydrogen-bond donors (Lipinski definition) is 2. The lowest BCUT2D eigenvalue weighted by molar-refractivity contribution is 0.282. The van der Waals surface area contributed by atoms with Gasteiger partial charge >= 0.3 is 0 Å². The summed E-state index contributed by atoms with van der Waals surface area (Å²) in [7, 11) is 0. The Labute approximate surface area is 104 Å². The monoisotopic (exact) mass is 282 g/mol. The SMILES string of the molecule is C[C@H](CCCO)Nc1ccc(Br)cc1C#N. The van der Waals surface area contributed by atoms with Crippen molar-refractivity contribution >= 4 is 21.6 Å². The van der Waals surface area contributed by atoms with Crippen LogP contribution in [0.25, 0.3) is 0 Å². The van der Waals surface area contributed by atoms with E-state index >= 15 is 0 Å². The van der Waals surface area contributed by atoms with Crippen LogP contribution in [-0.4, -0.2) is 17.8 Å². The van der Waals surface area contributed by atoms with E-state index in [0.29, 0.717) is 5.56 Å². The number of rotatable bonds is 5. The van der Waals surface area contributed by atoms with Crippen LogP contribution in [0, 0.1) is 11.3 Å². The van der Waals surface area contributed by atoms with Crippen molar-refractivity contribution in [2.45, 2.75) is 25.8 Å². The summed E-state index contributed by atoms with van der Waals surface area (Å²) in [6, 6.07) is 7.99. The molecule has 2 N–H and O–H groups in total. The van der Waals surface area contributed by atoms with Gasteiger partial charge in [-0.25, -0.2) is 0 Å². The molecule has 1 aromatic carbocycles. The Hall–Kier alpha value is -1.05. The van der Waals surface area contributed by atoms with Gasteiger partial charge in [0.15, 0.2) is 0 Å². The molecule has 0 aliphatic heterocycles. The fraction of sp³-hybridized carbons (Fsp3) is 0.417. The Morgan fingerprint density at radius 1 is 1.56 bits per heavy atom. The minimum Gasteiger partial charge on any atom is -0.396 e. The summed E-state index contributed by atoms with van der Waals surface area (Å²) >= 11 is 3.33. The van der Waals surface area contributed by atoms with E-state index in [4.69, 9.17) is 10.4 Å². The molecule has 0 aliphatic carbocycles. The number of anilines is 1. The molecule has 16 heavy (non-hydrogen) atoms. The third kappa shape index (κ3) is 3.84. The molecule has 1 rings (SSSR count). The first-order chi connectivity index (χ1) is 7.67. The average Bonchev–Trinajstić information content (AvgIpc) is 2.28. The zero-order chi connectivity index (χ0) is 12.0. The first kappa shape index (κ1) is 13.0. The molecular formula is C12H15BrN2O. The second kappa shape index (κ2) is 6.51. The number of aliphatic hydroxyl groups excluding tert-OH is 1. The van der Waals surface area contributed by atoms with Crippen LogP contribution in [0.5, 0.6) is 0 Å². The molecule has 86 valence electrons. The zero-order valence-electron chi connectivity index (χ0n) is 9.20. The lowest BCUT2D eigenvalue weighted by Gasteiger charge is -2.15. The topological polar surface area (TPSA) is 56.0 Å². The van der Waals surface area contributed by atoms with Gasteiger partial charge in [0.05, 0.1) is 11.3 Å². The van der Waals surface area contributed by atoms with Crippen molar-refractivity contribution in [3.05, 3.63) is 28.2 Å². The average molecular weight is 283 g/mol. The van der Waals surface area contributed by atoms with Crippen molar-refractivity contribution in [2.24, 2.45) is 0 Å². The minimum atomic E-state index is 0.206. The molecule has 3 nitrogen and oxygen atoms in total. The van der Waals surface area contributed by atoms with E-state index in [0.717, 1.165) is 23.0 Å². The number of nitrogens with one attached hydrogen (secondary N) is 1. The predicted molar refractivity (Wildman–Crippen MR) is 68.3 cm³/mol. The van der Waals surface area contributed by atoms with Crippen molar-refractivity contribution in [2.75, 3.05) is 11.9 Å². The molecule has 0 bridgehead atoms. The molecule has 0 heterocycles. The smallest absolute Gasteiger partial charge is 0.101 e. The largest absolute Gasteiger partial charge is 0.396 e. The van der Waals surface area contributed by atoms with Gasteiger partial charge in [-0.2, -0.15) is 5.26 Å². The number of hydrogen-bond acceptors (Lipinski definition) is 3. The molecular weight excluding hydrogens is 268 g/mol. The van der Waals surface area contributed by atoms with E-state index in [1.807, 2.05) is 19.1 Å². The van der Waals surface area contributed by atoms with Gasteiger partial charge in [0, 0.05) is 17.1 Å². The molecule has 0 spiro atoms. The van der Waals surface area contributed by atoms with Gasteiger partial charge in [0.25, 0.3) is 0 Å². The van der Waals surface area contributed by atoms with Gasteiger partial charge < -0.3 is 10.4 Å². The highest BCUT2D eigenvalue weighted by Crippen LogP contribution is 2.21. The van der Waals surface area contributed by atoms with E-state index in [9.17, 15) is 0 Å². The van der Waals surface area contributed by atoms with E-state index in [-0.39, 0.29) is 12.6 Å². The van der Waals surface area contributed by atoms with Crippen LogP contribution in [0.4, 0.5) is 5.69 Å². The number of aliphatic hydroxyl groups is 1. The third-order valence-corrected chi connectivity index (χ3v) is 2.79. The van der Waals surface area contributed by atoms with Crippen molar-refractivity contribution < 1.29 is 5.11 Å². The van der Waals surface area contributed by atoms with Crippen LogP contribution in [-0.2, 0) is 0 Å². The maximum Gasteiger partial charge on any atom is 0.101 e. The highest BCUT2D eigenvalue weighted by atomic mass is 79.9. The van der Waals surface area contributed by atoms with Crippen molar-refractivity contribution in [3.63, 3.8) is 0 Å². The molecule has 0 fully saturated rings. The number of nitriles is 1. The van der Waals surface area contributed by atoms with Crippen LogP contribution in [0.15, 0.2) is 22.7 Å². The highest BCUT2D eigenvalue weighted by Gasteiger charge is 2.06. The molecule has 0 radical (unpaired) electrons. The summed E-state index contributed by atoms with van der Waals surface area (Å²) in [5, 5.41) is 21.0. The van der Waals surface area contributed by atoms with Crippen LogP contribution in [0.1, 0.15) is 25.3 Å². The first-order valence-electron chi connectivity index (χ1n) is 5.24. The van der Waals surface area contributed by atoms with E-state index in [1.54, 1.807) is 6.07 Å². The van der Waals surface area contributed by atoms with Crippen molar-refractivity contribution in [1.82, 2.24) is 0 Å². The van der Waals surface area contributed by atoms with Crippen LogP contribution in [0.3, 0.4) is 0 Å². The Morgan fingerprint density at radius 3 is 2.94 bits per heavy atom. The molecule has 0 saturated heterocycles. The van der Waals surface area contributed by atoms with E-state index < -0.39 is 0 Å². The fourth-order valence-electron chi connectivity index (χ4n) is 1.47. The van der Waals surface area contributed by atoms with E-state index in [1.165, 1.54) is 0 Å². The van der Waals surface area contributed by atoms with Crippen molar-refractivity contribution in [3.8, 4) is 6.07 Å². The van der Waals surface area contributed by atoms with Crippen molar-refractivity contribution in [1.29, 1.82) is 5.26 Å². The summed E-state index contributed by atoms with van der Waals surface area (Å²) in [4.78, 5) is 0. The number of nitrogens with zero attached hydrogens (tertiary/aromatic N) is 1. The molecule has 0 saturated carbocycles. The molecule has 4 heteroatoms. The summed E-state index contributed by atoms with van der Waals surface area (Å²) in [5.74, 6) is 0. The Balaban J connectivity index is 2.70. The molecule has 0 unspecified atom stereocenters. The van der Waals surface area contributed by atoms with Gasteiger partial charge in [-0.3, -0.25) is 0 Å². The maximum absolute atomic E-state index is 8.98. The fourth-order valence-corrected chi connectivity index (χ4v) is 1.83. The van der Waals surface area contributed by atoms with Crippen LogP contribution >= 0.6 is 15.9 Å². The molecule has 1 atom stereocenters. The standard InChI is InChI=1S/C12H15BrN2O/c1-9(3-2-6-16)15-12-5-4-11(13)7-10(12)8-14/h4-5,7,9,15-16H,2-3,6H2,1H3/t9-/m1/s1. The highest BCUT2D eigenvalue weighted by molar-refractivity contribution is 9.10. The molecule has 1 aromatic rings. The second-order valence-corrected chi connectivity index (χ2v) is 4.63. The third-order valence-electron chi connectivity index (χ3n) is 2.30. The summed E-state index contributed by atoms with van der Waals surface area (Å²) in [5.41, 5.74) is 1.47. The molecule has 0 aromatic heterocycles. The summed E-state index contributed by atoms with van der Waals surface area (Å²) in [6.45, 7) is 2.25. The lowest BCUT2D eigenvalue weighted by atomic mass is 10.1. The Morgan fingerprint density at radius 2 is 2.31 bits per heavy atom. The van der Waals surface area contributed by atoms with E-state index in [2.05, 4.69) is 27.3 Å². The van der Waals surface area contributed by atoms with Gasteiger partial charge in [-0.15, -0.1) is 0 Å². The van der Waals surface area contributed by atoms with Gasteiger partial charge in [-0.05, 0) is 38.0 Å². The van der Waals surface area contributed by atoms with Gasteiger partial charge in [0.1, 0.15) is 6.07 Å². The predicted octanol–water partition coefficient (Wildman–Crippen LogP) is 2.89. The first-order valence-corrected chi connectivity index (χ1v) is 6.03. The Bertz CT molecular complexity index is 387. The van der Waals surface area contributed by atoms with Crippen LogP contribution in [0.2, 0.25) is 0 Å². The summed E-state index contributed by atoms with van der Waals surface area (Å²) in [6.07, 6.45) is 1.66. The zero-order valence-corrected chi connectivity index (χ0v) is 10.8. The quantitative estimate of drug-likeness (QED) is 0.873. The summed E-state index contributed by atoms with van der Waals surface area (Å²) < 4.78 is 0.901. The molecule has 0 amide bonds. The normalized spacial score (nSPS) is 11.9. The second-order valence-electron chi connectivity index (χ2n) is 3.71.